The van der Waals surface area contributed by atoms with Crippen molar-refractivity contribution in [2.24, 2.45) is 0 Å². The molecule has 2 aromatic heterocycles. The van der Waals surface area contributed by atoms with Gasteiger partial charge in [0.1, 0.15) is 17.3 Å². The van der Waals surface area contributed by atoms with Gasteiger partial charge in [0, 0.05) is 18.8 Å². The fourth-order valence-corrected chi connectivity index (χ4v) is 6.69. The zero-order chi connectivity index (χ0) is 36.0. The molecule has 5 rings (SSSR count). The van der Waals surface area contributed by atoms with Crippen molar-refractivity contribution in [3.05, 3.63) is 58.0 Å². The van der Waals surface area contributed by atoms with E-state index in [1.807, 2.05) is 13.8 Å². The number of hydrogen-bond donors (Lipinski definition) is 4. The zero-order valence-electron chi connectivity index (χ0n) is 27.0. The highest BCUT2D eigenvalue weighted by Crippen LogP contribution is 2.38. The van der Waals surface area contributed by atoms with Crippen LogP contribution in [0.2, 0.25) is 0 Å². The Morgan fingerprint density at radius 2 is 1.63 bits per heavy atom. The number of carboxylic acids is 2. The van der Waals surface area contributed by atoms with E-state index < -0.39 is 52.4 Å². The quantitative estimate of drug-likeness (QED) is 0.203. The predicted molar refractivity (Wildman–Crippen MR) is 170 cm³/mol. The number of aromatic nitrogens is 2. The summed E-state index contributed by atoms with van der Waals surface area (Å²) in [5, 5.41) is 32.5. The van der Waals surface area contributed by atoms with Gasteiger partial charge >= 0.3 is 11.9 Å². The molecule has 266 valence electrons. The van der Waals surface area contributed by atoms with E-state index in [2.05, 4.69) is 9.88 Å². The topological polar surface area (TPSA) is 235 Å². The van der Waals surface area contributed by atoms with Gasteiger partial charge < -0.3 is 34.6 Å². The summed E-state index contributed by atoms with van der Waals surface area (Å²) in [5.74, 6) is -3.73. The van der Waals surface area contributed by atoms with E-state index in [1.165, 1.54) is 36.8 Å². The Labute approximate surface area is 280 Å². The molecule has 0 bridgehead atoms. The van der Waals surface area contributed by atoms with E-state index in [1.54, 1.807) is 24.4 Å². The third-order valence-corrected chi connectivity index (χ3v) is 9.58. The summed E-state index contributed by atoms with van der Waals surface area (Å²) in [7, 11) is -2.76. The molecule has 2 unspecified atom stereocenters. The van der Waals surface area contributed by atoms with Crippen molar-refractivity contribution in [3.8, 4) is 17.4 Å². The average molecular weight is 707 g/mol. The number of methoxy groups -OCH3 is 1. The number of nitrogens with zero attached hydrogens (tertiary/aromatic N) is 4. The lowest BCUT2D eigenvalue weighted by atomic mass is 9.96. The van der Waals surface area contributed by atoms with Gasteiger partial charge in [-0.2, -0.15) is 9.29 Å². The first-order valence-electron chi connectivity index (χ1n) is 15.3. The second kappa shape index (κ2) is 15.6. The van der Waals surface area contributed by atoms with Gasteiger partial charge in [0.2, 0.25) is 5.88 Å². The smallest absolute Gasteiger partial charge is 0.335 e. The first-order valence-corrected chi connectivity index (χ1v) is 16.7. The Bertz CT molecular complexity index is 1850. The molecule has 3 aromatic rings. The van der Waals surface area contributed by atoms with Crippen LogP contribution in [0.3, 0.4) is 0 Å². The standard InChI is InChI=1S/C27H32N4O7S.C4H6O6/c1-18(2)20-14-19(36-3)15-22-25(20)27(33)31(39(22,34)35)17-38-23-16-24(32)30-11-7-8-21(26(30)28-23)37-13-12-29-9-5-4-6-10-29;5-1(3(7)8)2(6)4(9)10/h7-8,11,14-16,18H,4-6,9-10,12-13,17H2,1-3H3;1-2,5-6H,(H,7,8)(H,9,10). The fourth-order valence-electron chi connectivity index (χ4n) is 5.22. The number of benzene rings is 1. The van der Waals surface area contributed by atoms with Crippen LogP contribution in [-0.4, -0.2) is 118 Å². The summed E-state index contributed by atoms with van der Waals surface area (Å²) in [6.45, 7) is 6.38. The maximum atomic E-state index is 13.3. The molecular formula is C31H38N4O13S. The van der Waals surface area contributed by atoms with Crippen LogP contribution in [0.4, 0.5) is 0 Å². The molecule has 1 aromatic carbocycles. The summed E-state index contributed by atoms with van der Waals surface area (Å²) in [5.41, 5.74) is 0.478. The minimum absolute atomic E-state index is 0.102. The van der Waals surface area contributed by atoms with Crippen molar-refractivity contribution in [1.29, 1.82) is 0 Å². The SMILES string of the molecule is COc1cc(C(C)C)c2c(c1)S(=O)(=O)N(COc1cc(=O)n3cccc(OCCN4CCCCC4)c3n1)C2=O.O=C(O)C(O)C(O)C(=O)O. The number of carbonyl (C=O) groups excluding carboxylic acids is 1. The van der Waals surface area contributed by atoms with Crippen LogP contribution in [0.1, 0.15) is 54.9 Å². The number of aliphatic carboxylic acids is 2. The number of hydrogen-bond acceptors (Lipinski definition) is 13. The van der Waals surface area contributed by atoms with Gasteiger partial charge in [0.05, 0.1) is 18.7 Å². The predicted octanol–water partition coefficient (Wildman–Crippen LogP) is 0.750. The van der Waals surface area contributed by atoms with Crippen molar-refractivity contribution >= 4 is 33.5 Å². The minimum atomic E-state index is -4.20. The van der Waals surface area contributed by atoms with Gasteiger partial charge in [0.15, 0.2) is 30.3 Å². The summed E-state index contributed by atoms with van der Waals surface area (Å²) in [4.78, 5) is 52.2. The molecule has 4 N–H and O–H groups in total. The monoisotopic (exact) mass is 706 g/mol. The number of piperidine rings is 1. The van der Waals surface area contributed by atoms with Gasteiger partial charge in [-0.15, -0.1) is 0 Å². The lowest BCUT2D eigenvalue weighted by molar-refractivity contribution is -0.165. The molecule has 0 spiro atoms. The molecule has 2 aliphatic heterocycles. The molecule has 2 atom stereocenters. The van der Waals surface area contributed by atoms with E-state index >= 15 is 0 Å². The Balaban J connectivity index is 0.000000471. The number of pyridine rings is 1. The Morgan fingerprint density at radius 3 is 2.22 bits per heavy atom. The van der Waals surface area contributed by atoms with Gasteiger partial charge in [-0.25, -0.2) is 18.0 Å². The molecular weight excluding hydrogens is 668 g/mol. The number of carbonyl (C=O) groups is 3. The van der Waals surface area contributed by atoms with Crippen molar-refractivity contribution < 1.29 is 57.4 Å². The Morgan fingerprint density at radius 1 is 0.980 bits per heavy atom. The van der Waals surface area contributed by atoms with E-state index in [0.29, 0.717) is 28.0 Å². The molecule has 0 radical (unpaired) electrons. The number of ether oxygens (including phenoxy) is 3. The molecule has 18 heteroatoms. The number of likely N-dealkylation sites (tertiary alicyclic amines) is 1. The first kappa shape index (κ1) is 37.0. The summed E-state index contributed by atoms with van der Waals surface area (Å²) >= 11 is 0. The van der Waals surface area contributed by atoms with Crippen LogP contribution in [0.5, 0.6) is 17.4 Å². The molecule has 0 saturated carbocycles. The molecule has 4 heterocycles. The number of rotatable bonds is 12. The Kier molecular flexibility index (Phi) is 11.8. The number of amides is 1. The normalized spacial score (nSPS) is 16.8. The van der Waals surface area contributed by atoms with Crippen LogP contribution < -0.4 is 19.8 Å². The highest BCUT2D eigenvalue weighted by atomic mass is 32.2. The number of fused-ring (bicyclic) bond motifs is 2. The van der Waals surface area contributed by atoms with Gasteiger partial charge in [-0.1, -0.05) is 20.3 Å². The zero-order valence-corrected chi connectivity index (χ0v) is 27.8. The minimum Gasteiger partial charge on any atom is -0.497 e. The van der Waals surface area contributed by atoms with Crippen LogP contribution in [0.15, 0.2) is 46.2 Å². The van der Waals surface area contributed by atoms with Crippen LogP contribution >= 0.6 is 0 Å². The van der Waals surface area contributed by atoms with Crippen molar-refractivity contribution in [2.45, 2.75) is 56.1 Å². The number of aliphatic hydroxyl groups is 2. The fraction of sp³-hybridized carbons (Fsp3) is 0.452. The second-order valence-corrected chi connectivity index (χ2v) is 13.3. The number of carboxylic acid groups (broad SMARTS) is 2. The lowest BCUT2D eigenvalue weighted by Gasteiger charge is -2.26. The number of aliphatic hydroxyl groups excluding tert-OH is 2. The Hall–Kier alpha value is -4.78. The molecule has 2 aliphatic rings. The molecule has 1 saturated heterocycles. The molecule has 49 heavy (non-hydrogen) atoms. The van der Waals surface area contributed by atoms with E-state index in [-0.39, 0.29) is 27.9 Å². The van der Waals surface area contributed by atoms with Crippen molar-refractivity contribution in [3.63, 3.8) is 0 Å². The van der Waals surface area contributed by atoms with Gasteiger partial charge in [0.25, 0.3) is 21.5 Å². The van der Waals surface area contributed by atoms with E-state index in [4.69, 9.17) is 34.6 Å². The highest BCUT2D eigenvalue weighted by molar-refractivity contribution is 7.90. The number of sulfonamides is 1. The molecule has 17 nitrogen and oxygen atoms in total. The van der Waals surface area contributed by atoms with Crippen LogP contribution in [0.25, 0.3) is 5.65 Å². The third kappa shape index (κ3) is 8.27. The van der Waals surface area contributed by atoms with E-state index in [0.717, 1.165) is 25.7 Å². The van der Waals surface area contributed by atoms with Crippen LogP contribution in [0, 0.1) is 0 Å². The maximum Gasteiger partial charge on any atom is 0.335 e. The summed E-state index contributed by atoms with van der Waals surface area (Å²) in [6, 6.07) is 7.56. The molecule has 0 aliphatic carbocycles. The summed E-state index contributed by atoms with van der Waals surface area (Å²) in [6.07, 6.45) is 0.643. The van der Waals surface area contributed by atoms with E-state index in [9.17, 15) is 27.6 Å². The van der Waals surface area contributed by atoms with Gasteiger partial charge in [-0.05, 0) is 55.6 Å². The average Bonchev–Trinajstić information content (AvgIpc) is 3.26. The molecule has 1 fully saturated rings. The summed E-state index contributed by atoms with van der Waals surface area (Å²) < 4.78 is 45.4. The lowest BCUT2D eigenvalue weighted by Crippen LogP contribution is -2.39. The molecule has 1 amide bonds. The largest absolute Gasteiger partial charge is 0.497 e. The highest BCUT2D eigenvalue weighted by Gasteiger charge is 2.44. The van der Waals surface area contributed by atoms with Crippen LogP contribution in [-0.2, 0) is 19.6 Å². The third-order valence-electron chi connectivity index (χ3n) is 7.85. The second-order valence-electron chi connectivity index (χ2n) is 11.5. The first-order chi connectivity index (χ1) is 23.2. The van der Waals surface area contributed by atoms with Crippen molar-refractivity contribution in [2.75, 3.05) is 40.1 Å². The maximum absolute atomic E-state index is 13.3. The van der Waals surface area contributed by atoms with Gasteiger partial charge in [-0.3, -0.25) is 18.9 Å². The van der Waals surface area contributed by atoms with Crippen molar-refractivity contribution in [1.82, 2.24) is 18.6 Å².